The van der Waals surface area contributed by atoms with Gasteiger partial charge in [0, 0.05) is 13.6 Å². The van der Waals surface area contributed by atoms with Crippen LogP contribution in [-0.4, -0.2) is 18.1 Å². The van der Waals surface area contributed by atoms with Crippen molar-refractivity contribution in [1.29, 1.82) is 0 Å². The van der Waals surface area contributed by atoms with Crippen LogP contribution in [-0.2, 0) is 6.54 Å². The molecule has 0 saturated carbocycles. The first kappa shape index (κ1) is 14.4. The number of hydrogen-bond donors (Lipinski definition) is 1. The van der Waals surface area contributed by atoms with E-state index in [0.29, 0.717) is 17.3 Å². The summed E-state index contributed by atoms with van der Waals surface area (Å²) in [5, 5.41) is 9.70. The lowest BCUT2D eigenvalue weighted by Crippen LogP contribution is -2.19. The summed E-state index contributed by atoms with van der Waals surface area (Å²) in [6, 6.07) is 13.0. The molecule has 1 N–H and O–H groups in total. The van der Waals surface area contributed by atoms with Crippen LogP contribution in [0.25, 0.3) is 0 Å². The fourth-order valence-corrected chi connectivity index (χ4v) is 2.44. The van der Waals surface area contributed by atoms with Crippen LogP contribution in [0.2, 0.25) is 5.02 Å². The average molecular weight is 290 g/mol. The van der Waals surface area contributed by atoms with Crippen LogP contribution >= 0.6 is 11.6 Å². The minimum atomic E-state index is -0.974. The first-order chi connectivity index (χ1) is 9.49. The Balaban J connectivity index is 2.31. The zero-order valence-corrected chi connectivity index (χ0v) is 12.2. The molecule has 0 fully saturated rings. The summed E-state index contributed by atoms with van der Waals surface area (Å²) in [7, 11) is 1.84. The van der Waals surface area contributed by atoms with E-state index >= 15 is 0 Å². The molecule has 0 aliphatic rings. The number of anilines is 1. The van der Waals surface area contributed by atoms with E-state index in [1.54, 1.807) is 18.2 Å². The predicted octanol–water partition coefficient (Wildman–Crippen LogP) is 3.98. The minimum absolute atomic E-state index is 0.215. The fourth-order valence-electron chi connectivity index (χ4n) is 2.12. The summed E-state index contributed by atoms with van der Waals surface area (Å²) in [4.78, 5) is 13.1. The Morgan fingerprint density at radius 1 is 1.20 bits per heavy atom. The van der Waals surface area contributed by atoms with E-state index in [-0.39, 0.29) is 5.56 Å². The van der Waals surface area contributed by atoms with Crippen LogP contribution in [0, 0.1) is 6.92 Å². The van der Waals surface area contributed by atoms with Gasteiger partial charge >= 0.3 is 5.97 Å². The van der Waals surface area contributed by atoms with Crippen molar-refractivity contribution in [2.75, 3.05) is 11.9 Å². The predicted molar refractivity (Wildman–Crippen MR) is 81.7 cm³/mol. The number of hydrogen-bond acceptors (Lipinski definition) is 2. The molecule has 0 unspecified atom stereocenters. The van der Waals surface area contributed by atoms with Crippen LogP contribution in [0.15, 0.2) is 42.5 Å². The lowest BCUT2D eigenvalue weighted by atomic mass is 10.1. The number of benzene rings is 2. The Labute approximate surface area is 123 Å². The third-order valence-corrected chi connectivity index (χ3v) is 3.44. The number of aromatic carboxylic acids is 1. The summed E-state index contributed by atoms with van der Waals surface area (Å²) in [5.41, 5.74) is 3.06. The third kappa shape index (κ3) is 3.11. The van der Waals surface area contributed by atoms with Gasteiger partial charge in [-0.1, -0.05) is 47.5 Å². The Morgan fingerprint density at radius 2 is 1.85 bits per heavy atom. The highest BCUT2D eigenvalue weighted by atomic mass is 35.5. The van der Waals surface area contributed by atoms with Crippen molar-refractivity contribution in [1.82, 2.24) is 0 Å². The molecule has 104 valence electrons. The smallest absolute Gasteiger partial charge is 0.337 e. The lowest BCUT2D eigenvalue weighted by Gasteiger charge is -2.22. The lowest BCUT2D eigenvalue weighted by molar-refractivity contribution is 0.0697. The summed E-state index contributed by atoms with van der Waals surface area (Å²) in [6.07, 6.45) is 0. The fraction of sp³-hybridized carbons (Fsp3) is 0.188. The standard InChI is InChI=1S/C16H16ClNO2/c1-11-6-8-12(9-7-11)10-18(2)15-13(16(19)20)4-3-5-14(15)17/h3-9H,10H2,1-2H3,(H,19,20). The maximum Gasteiger partial charge on any atom is 0.337 e. The van der Waals surface area contributed by atoms with Gasteiger partial charge in [0.05, 0.1) is 16.3 Å². The molecule has 0 amide bonds. The van der Waals surface area contributed by atoms with E-state index in [0.717, 1.165) is 5.56 Å². The van der Waals surface area contributed by atoms with Crippen molar-refractivity contribution in [3.8, 4) is 0 Å². The second-order valence-corrected chi connectivity index (χ2v) is 5.19. The van der Waals surface area contributed by atoms with Crippen molar-refractivity contribution < 1.29 is 9.90 Å². The van der Waals surface area contributed by atoms with E-state index in [2.05, 4.69) is 0 Å². The normalized spacial score (nSPS) is 10.3. The summed E-state index contributed by atoms with van der Waals surface area (Å²) >= 11 is 6.15. The summed E-state index contributed by atoms with van der Waals surface area (Å²) < 4.78 is 0. The molecule has 2 aromatic rings. The molecular formula is C16H16ClNO2. The van der Waals surface area contributed by atoms with Gasteiger partial charge in [0.2, 0.25) is 0 Å². The molecule has 2 aromatic carbocycles. The molecule has 0 aliphatic carbocycles. The quantitative estimate of drug-likeness (QED) is 0.925. The topological polar surface area (TPSA) is 40.5 Å². The number of halogens is 1. The number of rotatable bonds is 4. The SMILES string of the molecule is Cc1ccc(CN(C)c2c(Cl)cccc2C(=O)O)cc1. The van der Waals surface area contributed by atoms with Crippen LogP contribution in [0.5, 0.6) is 0 Å². The Bertz CT molecular complexity index is 623. The van der Waals surface area contributed by atoms with Gasteiger partial charge in [-0.15, -0.1) is 0 Å². The molecule has 2 rings (SSSR count). The van der Waals surface area contributed by atoms with Crippen LogP contribution < -0.4 is 4.90 Å². The van der Waals surface area contributed by atoms with E-state index in [4.69, 9.17) is 11.6 Å². The van der Waals surface area contributed by atoms with Crippen LogP contribution in [0.3, 0.4) is 0 Å². The van der Waals surface area contributed by atoms with Gasteiger partial charge in [0.25, 0.3) is 0 Å². The second-order valence-electron chi connectivity index (χ2n) is 4.78. The largest absolute Gasteiger partial charge is 0.478 e. The molecule has 0 heterocycles. The number of carboxylic acid groups (broad SMARTS) is 1. The van der Waals surface area contributed by atoms with Gasteiger partial charge in [-0.3, -0.25) is 0 Å². The van der Waals surface area contributed by atoms with Gasteiger partial charge in [-0.25, -0.2) is 4.79 Å². The van der Waals surface area contributed by atoms with Crippen LogP contribution in [0.1, 0.15) is 21.5 Å². The number of carboxylic acids is 1. The van der Waals surface area contributed by atoms with E-state index < -0.39 is 5.97 Å². The van der Waals surface area contributed by atoms with Gasteiger partial charge in [0.1, 0.15) is 0 Å². The summed E-state index contributed by atoms with van der Waals surface area (Å²) in [5.74, 6) is -0.974. The van der Waals surface area contributed by atoms with E-state index in [1.165, 1.54) is 5.56 Å². The molecule has 0 spiro atoms. The zero-order chi connectivity index (χ0) is 14.7. The molecule has 3 nitrogen and oxygen atoms in total. The molecule has 0 atom stereocenters. The van der Waals surface area contributed by atoms with Crippen molar-refractivity contribution in [3.05, 3.63) is 64.2 Å². The van der Waals surface area contributed by atoms with Crippen molar-refractivity contribution in [2.24, 2.45) is 0 Å². The van der Waals surface area contributed by atoms with Gasteiger partial charge in [0.15, 0.2) is 0 Å². The average Bonchev–Trinajstić information content (AvgIpc) is 2.40. The minimum Gasteiger partial charge on any atom is -0.478 e. The summed E-state index contributed by atoms with van der Waals surface area (Å²) in [6.45, 7) is 2.63. The molecular weight excluding hydrogens is 274 g/mol. The molecule has 0 aromatic heterocycles. The maximum absolute atomic E-state index is 11.3. The first-order valence-corrected chi connectivity index (χ1v) is 6.65. The van der Waals surface area contributed by atoms with E-state index in [9.17, 15) is 9.90 Å². The molecule has 0 aliphatic heterocycles. The molecule has 0 radical (unpaired) electrons. The number of nitrogens with zero attached hydrogens (tertiary/aromatic N) is 1. The highest BCUT2D eigenvalue weighted by molar-refractivity contribution is 6.34. The Morgan fingerprint density at radius 3 is 2.45 bits per heavy atom. The molecule has 0 bridgehead atoms. The number of aryl methyl sites for hydroxylation is 1. The maximum atomic E-state index is 11.3. The van der Waals surface area contributed by atoms with Crippen molar-refractivity contribution >= 4 is 23.3 Å². The second kappa shape index (κ2) is 5.97. The van der Waals surface area contributed by atoms with Crippen LogP contribution in [0.4, 0.5) is 5.69 Å². The van der Waals surface area contributed by atoms with E-state index in [1.807, 2.05) is 43.1 Å². The Hall–Kier alpha value is -2.00. The van der Waals surface area contributed by atoms with Crippen molar-refractivity contribution in [3.63, 3.8) is 0 Å². The van der Waals surface area contributed by atoms with Crippen molar-refractivity contribution in [2.45, 2.75) is 13.5 Å². The highest BCUT2D eigenvalue weighted by Crippen LogP contribution is 2.30. The zero-order valence-electron chi connectivity index (χ0n) is 11.4. The van der Waals surface area contributed by atoms with Gasteiger partial charge < -0.3 is 10.0 Å². The highest BCUT2D eigenvalue weighted by Gasteiger charge is 2.16. The third-order valence-electron chi connectivity index (χ3n) is 3.14. The first-order valence-electron chi connectivity index (χ1n) is 6.27. The van der Waals surface area contributed by atoms with Gasteiger partial charge in [-0.2, -0.15) is 0 Å². The molecule has 4 heteroatoms. The Kier molecular flexibility index (Phi) is 4.30. The number of para-hydroxylation sites is 1. The monoisotopic (exact) mass is 289 g/mol. The molecule has 20 heavy (non-hydrogen) atoms. The number of carbonyl (C=O) groups is 1. The molecule has 0 saturated heterocycles. The van der Waals surface area contributed by atoms with Gasteiger partial charge in [-0.05, 0) is 24.6 Å².